The summed E-state index contributed by atoms with van der Waals surface area (Å²) in [4.78, 5) is 12.8. The molecule has 0 aliphatic carbocycles. The highest BCUT2D eigenvalue weighted by molar-refractivity contribution is 7.88. The summed E-state index contributed by atoms with van der Waals surface area (Å²) in [6.07, 6.45) is 1.68. The molecular formula is C10H19N2O4S. The van der Waals surface area contributed by atoms with E-state index >= 15 is 0 Å². The second-order valence-corrected chi connectivity index (χ2v) is 6.15. The van der Waals surface area contributed by atoms with Crippen molar-refractivity contribution < 1.29 is 17.9 Å². The van der Waals surface area contributed by atoms with E-state index in [0.29, 0.717) is 32.5 Å². The van der Waals surface area contributed by atoms with E-state index in [1.807, 2.05) is 0 Å². The number of carbonyl (C=O) groups is 1. The van der Waals surface area contributed by atoms with Crippen molar-refractivity contribution in [1.29, 1.82) is 0 Å². The predicted octanol–water partition coefficient (Wildman–Crippen LogP) is 0.313. The van der Waals surface area contributed by atoms with Crippen LogP contribution in [-0.4, -0.2) is 62.8 Å². The minimum absolute atomic E-state index is 0.200. The SMILES string of the molecule is [CH2]CN(C)C(=O)OC1CCN(S(C)(=O)=O)CC1. The Morgan fingerprint density at radius 3 is 2.41 bits per heavy atom. The molecule has 0 saturated carbocycles. The summed E-state index contributed by atoms with van der Waals surface area (Å²) in [5.74, 6) is 0. The fourth-order valence-corrected chi connectivity index (χ4v) is 2.48. The Kier molecular flexibility index (Phi) is 4.76. The van der Waals surface area contributed by atoms with Crippen LogP contribution in [0.4, 0.5) is 4.79 Å². The zero-order valence-electron chi connectivity index (χ0n) is 10.3. The molecule has 7 heteroatoms. The lowest BCUT2D eigenvalue weighted by atomic mass is 10.1. The molecule has 99 valence electrons. The molecule has 0 aromatic carbocycles. The standard InChI is InChI=1S/C10H19N2O4S/c1-4-11(2)10(13)16-9-5-7-12(8-6-9)17(3,14)15/h9H,1,4-8H2,2-3H3. The molecule has 1 aliphatic rings. The Bertz CT molecular complexity index is 361. The number of ether oxygens (including phenoxy) is 1. The third-order valence-electron chi connectivity index (χ3n) is 2.78. The van der Waals surface area contributed by atoms with E-state index in [0.717, 1.165) is 0 Å². The molecule has 1 aliphatic heterocycles. The molecule has 0 atom stereocenters. The molecule has 0 aromatic heterocycles. The number of hydrogen-bond acceptors (Lipinski definition) is 4. The van der Waals surface area contributed by atoms with Gasteiger partial charge in [0.1, 0.15) is 6.10 Å². The number of piperidine rings is 1. The number of amides is 1. The van der Waals surface area contributed by atoms with Crippen LogP contribution in [0.5, 0.6) is 0 Å². The van der Waals surface area contributed by atoms with Crippen LogP contribution in [0.1, 0.15) is 12.8 Å². The molecule has 0 aromatic rings. The number of hydrogen-bond donors (Lipinski definition) is 0. The number of sulfonamides is 1. The fraction of sp³-hybridized carbons (Fsp3) is 0.800. The second kappa shape index (κ2) is 5.68. The summed E-state index contributed by atoms with van der Waals surface area (Å²) < 4.78 is 29.2. The number of rotatable bonds is 3. The lowest BCUT2D eigenvalue weighted by molar-refractivity contribution is 0.0471. The molecule has 0 bridgehead atoms. The van der Waals surface area contributed by atoms with Crippen LogP contribution in [-0.2, 0) is 14.8 Å². The lowest BCUT2D eigenvalue weighted by Gasteiger charge is -2.30. The third-order valence-corrected chi connectivity index (χ3v) is 4.09. The lowest BCUT2D eigenvalue weighted by Crippen LogP contribution is -2.42. The first-order valence-electron chi connectivity index (χ1n) is 5.50. The van der Waals surface area contributed by atoms with Gasteiger partial charge in [0.05, 0.1) is 6.26 Å². The smallest absolute Gasteiger partial charge is 0.409 e. The van der Waals surface area contributed by atoms with Crippen LogP contribution in [0.15, 0.2) is 0 Å². The Morgan fingerprint density at radius 1 is 1.47 bits per heavy atom. The van der Waals surface area contributed by atoms with Gasteiger partial charge in [-0.05, 0) is 19.8 Å². The van der Waals surface area contributed by atoms with Gasteiger partial charge in [-0.2, -0.15) is 0 Å². The molecule has 6 nitrogen and oxygen atoms in total. The van der Waals surface area contributed by atoms with Gasteiger partial charge in [0, 0.05) is 26.7 Å². The average molecular weight is 263 g/mol. The van der Waals surface area contributed by atoms with Crippen molar-refractivity contribution in [2.45, 2.75) is 18.9 Å². The molecular weight excluding hydrogens is 244 g/mol. The molecule has 1 radical (unpaired) electrons. The first-order chi connectivity index (χ1) is 7.84. The van der Waals surface area contributed by atoms with Crippen LogP contribution in [0, 0.1) is 6.92 Å². The van der Waals surface area contributed by atoms with E-state index in [4.69, 9.17) is 4.74 Å². The number of nitrogens with zero attached hydrogens (tertiary/aromatic N) is 2. The van der Waals surface area contributed by atoms with Crippen molar-refractivity contribution in [3.05, 3.63) is 6.92 Å². The molecule has 0 N–H and O–H groups in total. The summed E-state index contributed by atoms with van der Waals surface area (Å²) in [7, 11) is -1.51. The summed E-state index contributed by atoms with van der Waals surface area (Å²) in [5, 5.41) is 0. The normalized spacial score (nSPS) is 19.0. The molecule has 0 unspecified atom stereocenters. The minimum Gasteiger partial charge on any atom is -0.446 e. The zero-order valence-corrected chi connectivity index (χ0v) is 11.1. The van der Waals surface area contributed by atoms with Gasteiger partial charge in [-0.1, -0.05) is 0 Å². The van der Waals surface area contributed by atoms with Gasteiger partial charge in [-0.3, -0.25) is 0 Å². The van der Waals surface area contributed by atoms with Gasteiger partial charge >= 0.3 is 6.09 Å². The molecule has 17 heavy (non-hydrogen) atoms. The summed E-state index contributed by atoms with van der Waals surface area (Å²) in [6, 6.07) is 0. The first-order valence-corrected chi connectivity index (χ1v) is 7.35. The largest absolute Gasteiger partial charge is 0.446 e. The summed E-state index contributed by atoms with van der Waals surface area (Å²) >= 11 is 0. The van der Waals surface area contributed by atoms with Crippen LogP contribution in [0.2, 0.25) is 0 Å². The van der Waals surface area contributed by atoms with Crippen molar-refractivity contribution >= 4 is 16.1 Å². The van der Waals surface area contributed by atoms with E-state index in [-0.39, 0.29) is 6.10 Å². The summed E-state index contributed by atoms with van der Waals surface area (Å²) in [6.45, 7) is 4.75. The van der Waals surface area contributed by atoms with E-state index in [2.05, 4.69) is 6.92 Å². The summed E-state index contributed by atoms with van der Waals surface area (Å²) in [5.41, 5.74) is 0. The minimum atomic E-state index is -3.13. The monoisotopic (exact) mass is 263 g/mol. The molecule has 1 saturated heterocycles. The maximum Gasteiger partial charge on any atom is 0.409 e. The zero-order chi connectivity index (χ0) is 13.1. The van der Waals surface area contributed by atoms with Crippen LogP contribution >= 0.6 is 0 Å². The maximum atomic E-state index is 11.5. The van der Waals surface area contributed by atoms with Gasteiger partial charge in [0.25, 0.3) is 0 Å². The van der Waals surface area contributed by atoms with Crippen LogP contribution < -0.4 is 0 Å². The highest BCUT2D eigenvalue weighted by atomic mass is 32.2. The van der Waals surface area contributed by atoms with E-state index < -0.39 is 16.1 Å². The van der Waals surface area contributed by atoms with E-state index in [1.165, 1.54) is 15.5 Å². The second-order valence-electron chi connectivity index (χ2n) is 4.17. The van der Waals surface area contributed by atoms with Gasteiger partial charge < -0.3 is 9.64 Å². The first kappa shape index (κ1) is 14.2. The fourth-order valence-electron chi connectivity index (χ4n) is 1.61. The topological polar surface area (TPSA) is 66.9 Å². The maximum absolute atomic E-state index is 11.5. The van der Waals surface area contributed by atoms with Crippen molar-refractivity contribution in [1.82, 2.24) is 9.21 Å². The van der Waals surface area contributed by atoms with Gasteiger partial charge in [-0.15, -0.1) is 0 Å². The highest BCUT2D eigenvalue weighted by Gasteiger charge is 2.27. The van der Waals surface area contributed by atoms with Crippen molar-refractivity contribution in [3.8, 4) is 0 Å². The van der Waals surface area contributed by atoms with Crippen molar-refractivity contribution in [2.75, 3.05) is 32.9 Å². The van der Waals surface area contributed by atoms with Gasteiger partial charge in [0.15, 0.2) is 0 Å². The van der Waals surface area contributed by atoms with E-state index in [9.17, 15) is 13.2 Å². The van der Waals surface area contributed by atoms with Crippen molar-refractivity contribution in [2.24, 2.45) is 0 Å². The highest BCUT2D eigenvalue weighted by Crippen LogP contribution is 2.16. The van der Waals surface area contributed by atoms with Crippen molar-refractivity contribution in [3.63, 3.8) is 0 Å². The van der Waals surface area contributed by atoms with Gasteiger partial charge in [0.2, 0.25) is 10.0 Å². The van der Waals surface area contributed by atoms with E-state index in [1.54, 1.807) is 7.05 Å². The molecule has 1 amide bonds. The van der Waals surface area contributed by atoms with Crippen LogP contribution in [0.3, 0.4) is 0 Å². The Balaban J connectivity index is 2.40. The molecule has 1 heterocycles. The molecule has 1 rings (SSSR count). The molecule has 1 fully saturated rings. The number of carbonyl (C=O) groups excluding carboxylic acids is 1. The Labute approximate surface area is 103 Å². The average Bonchev–Trinajstić information content (AvgIpc) is 2.27. The van der Waals surface area contributed by atoms with Crippen LogP contribution in [0.25, 0.3) is 0 Å². The van der Waals surface area contributed by atoms with Gasteiger partial charge in [-0.25, -0.2) is 17.5 Å². The molecule has 0 spiro atoms. The quantitative estimate of drug-likeness (QED) is 0.735. The Morgan fingerprint density at radius 2 is 2.00 bits per heavy atom. The third kappa shape index (κ3) is 4.16. The predicted molar refractivity (Wildman–Crippen MR) is 63.9 cm³/mol. The Hall–Kier alpha value is -0.820.